The van der Waals surface area contributed by atoms with Crippen LogP contribution in [0.1, 0.15) is 28.4 Å². The highest BCUT2D eigenvalue weighted by molar-refractivity contribution is 5.75. The van der Waals surface area contributed by atoms with E-state index in [1.807, 2.05) is 71.6 Å². The van der Waals surface area contributed by atoms with Crippen molar-refractivity contribution in [1.29, 1.82) is 0 Å². The van der Waals surface area contributed by atoms with Crippen molar-refractivity contribution < 1.29 is 24.5 Å². The van der Waals surface area contributed by atoms with Crippen molar-refractivity contribution in [3.8, 4) is 11.5 Å². The number of carboxylic acid groups (broad SMARTS) is 1. The van der Waals surface area contributed by atoms with E-state index in [4.69, 9.17) is 9.47 Å². The third kappa shape index (κ3) is 3.70. The molecule has 8 nitrogen and oxygen atoms in total. The predicted molar refractivity (Wildman–Crippen MR) is 132 cm³/mol. The van der Waals surface area contributed by atoms with Gasteiger partial charge >= 0.3 is 5.97 Å². The van der Waals surface area contributed by atoms with E-state index >= 15 is 0 Å². The summed E-state index contributed by atoms with van der Waals surface area (Å²) in [5, 5.41) is 20.4. The van der Waals surface area contributed by atoms with Crippen LogP contribution in [0.25, 0.3) is 12.2 Å². The molecule has 0 bridgehead atoms. The maximum Gasteiger partial charge on any atom is 0.321 e. The molecule has 0 spiro atoms. The highest BCUT2D eigenvalue weighted by atomic mass is 16.7. The van der Waals surface area contributed by atoms with Gasteiger partial charge in [-0.15, -0.1) is 0 Å². The van der Waals surface area contributed by atoms with Gasteiger partial charge in [-0.25, -0.2) is 0 Å². The molecule has 3 aromatic rings. The molecule has 0 amide bonds. The number of aromatic nitrogens is 1. The molecule has 4 atom stereocenters. The van der Waals surface area contributed by atoms with Gasteiger partial charge in [-0.3, -0.25) is 14.5 Å². The molecule has 0 radical (unpaired) electrons. The van der Waals surface area contributed by atoms with Crippen LogP contribution in [0.3, 0.4) is 0 Å². The number of carbonyl (C=O) groups is 1. The Labute approximate surface area is 207 Å². The minimum Gasteiger partial charge on any atom is -0.480 e. The molecule has 6 rings (SSSR count). The topological polar surface area (TPSA) is 101 Å². The number of hydrogen-bond donors (Lipinski definition) is 2. The van der Waals surface area contributed by atoms with E-state index in [0.29, 0.717) is 30.2 Å². The van der Waals surface area contributed by atoms with Gasteiger partial charge in [-0.2, -0.15) is 0 Å². The van der Waals surface area contributed by atoms with Crippen LogP contribution in [-0.4, -0.2) is 45.1 Å². The van der Waals surface area contributed by atoms with E-state index in [1.165, 1.54) is 0 Å². The number of hydrogen-bond acceptors (Lipinski definition) is 6. The fourth-order valence-corrected chi connectivity index (χ4v) is 5.91. The molecule has 2 N–H and O–H groups in total. The molecular weight excluding hydrogens is 460 g/mol. The zero-order valence-corrected chi connectivity index (χ0v) is 19.5. The van der Waals surface area contributed by atoms with Crippen LogP contribution in [0.5, 0.6) is 11.5 Å². The van der Waals surface area contributed by atoms with Crippen LogP contribution >= 0.6 is 0 Å². The van der Waals surface area contributed by atoms with E-state index in [2.05, 4.69) is 0 Å². The van der Waals surface area contributed by atoms with Crippen LogP contribution in [0.15, 0.2) is 65.5 Å². The summed E-state index contributed by atoms with van der Waals surface area (Å²) in [5.74, 6) is -0.363. The fraction of sp³-hybridized carbons (Fsp3) is 0.286. The van der Waals surface area contributed by atoms with Gasteiger partial charge < -0.3 is 24.3 Å². The molecule has 0 aliphatic carbocycles. The van der Waals surface area contributed by atoms with Crippen LogP contribution in [-0.2, 0) is 17.9 Å². The van der Waals surface area contributed by atoms with Crippen molar-refractivity contribution in [2.24, 2.45) is 11.8 Å². The summed E-state index contributed by atoms with van der Waals surface area (Å²) in [6, 6.07) is 17.9. The lowest BCUT2D eigenvalue weighted by atomic mass is 9.88. The van der Waals surface area contributed by atoms with Crippen LogP contribution < -0.4 is 15.0 Å². The number of ether oxygens (including phenoxy) is 2. The average molecular weight is 487 g/mol. The van der Waals surface area contributed by atoms with Crippen molar-refractivity contribution in [2.75, 3.05) is 13.4 Å². The fourth-order valence-electron chi connectivity index (χ4n) is 5.91. The summed E-state index contributed by atoms with van der Waals surface area (Å²) in [5.41, 5.74) is 3.12. The number of aliphatic hydroxyl groups excluding tert-OH is 1. The molecule has 1 fully saturated rings. The molecule has 4 heterocycles. The Bertz CT molecular complexity index is 1400. The number of aliphatic carboxylic acids is 1. The third-order valence-corrected chi connectivity index (χ3v) is 7.53. The number of fused-ring (bicyclic) bond motifs is 4. The first kappa shape index (κ1) is 22.6. The molecular formula is C28H26N2O6. The Kier molecular flexibility index (Phi) is 5.62. The lowest BCUT2D eigenvalue weighted by Crippen LogP contribution is -2.42. The number of aliphatic hydroxyl groups is 1. The highest BCUT2D eigenvalue weighted by Gasteiger charge is 2.55. The predicted octanol–water partition coefficient (Wildman–Crippen LogP) is 3.00. The minimum atomic E-state index is -0.972. The number of likely N-dealkylation sites (tertiary alicyclic amines) is 1. The molecule has 3 aliphatic rings. The van der Waals surface area contributed by atoms with Gasteiger partial charge in [0.05, 0.1) is 6.04 Å². The van der Waals surface area contributed by atoms with E-state index in [1.54, 1.807) is 10.6 Å². The molecule has 3 aliphatic heterocycles. The Balaban J connectivity index is 1.36. The molecule has 184 valence electrons. The first-order valence-electron chi connectivity index (χ1n) is 12.0. The molecule has 36 heavy (non-hydrogen) atoms. The largest absolute Gasteiger partial charge is 0.480 e. The SMILES string of the molecule is O=C(O)[C@H]1[C@H](CO)[C@H]2Cn3c(ccc(/C=C/c4ccccc4)c3=O)[C@H]2N1Cc1ccc2c(c1)OCO2. The second-order valence-corrected chi connectivity index (χ2v) is 9.47. The molecule has 1 saturated heterocycles. The van der Waals surface area contributed by atoms with Gasteiger partial charge in [-0.05, 0) is 41.5 Å². The van der Waals surface area contributed by atoms with Crippen LogP contribution in [0.4, 0.5) is 0 Å². The lowest BCUT2D eigenvalue weighted by molar-refractivity contribution is -0.145. The quantitative estimate of drug-likeness (QED) is 0.552. The van der Waals surface area contributed by atoms with Gasteiger partial charge in [-0.1, -0.05) is 42.5 Å². The number of benzene rings is 2. The normalized spacial score (nSPS) is 24.2. The van der Waals surface area contributed by atoms with Gasteiger partial charge in [0.2, 0.25) is 6.79 Å². The Morgan fingerprint density at radius 3 is 2.61 bits per heavy atom. The van der Waals surface area contributed by atoms with Crippen molar-refractivity contribution in [3.63, 3.8) is 0 Å². The maximum atomic E-state index is 13.4. The van der Waals surface area contributed by atoms with E-state index in [-0.39, 0.29) is 30.9 Å². The smallest absolute Gasteiger partial charge is 0.321 e. The van der Waals surface area contributed by atoms with Gasteiger partial charge in [0.15, 0.2) is 11.5 Å². The first-order valence-corrected chi connectivity index (χ1v) is 12.0. The molecule has 2 aromatic carbocycles. The Hall–Kier alpha value is -3.88. The lowest BCUT2D eigenvalue weighted by Gasteiger charge is -2.29. The summed E-state index contributed by atoms with van der Waals surface area (Å²) in [4.78, 5) is 27.7. The maximum absolute atomic E-state index is 13.4. The number of carboxylic acids is 1. The number of pyridine rings is 1. The Morgan fingerprint density at radius 2 is 1.83 bits per heavy atom. The van der Waals surface area contributed by atoms with Gasteiger partial charge in [0.25, 0.3) is 5.56 Å². The third-order valence-electron chi connectivity index (χ3n) is 7.53. The van der Waals surface area contributed by atoms with E-state index in [9.17, 15) is 19.8 Å². The first-order chi connectivity index (χ1) is 17.5. The van der Waals surface area contributed by atoms with Gasteiger partial charge in [0, 0.05) is 42.8 Å². The van der Waals surface area contributed by atoms with Crippen molar-refractivity contribution >= 4 is 18.1 Å². The summed E-state index contributed by atoms with van der Waals surface area (Å²) in [6.07, 6.45) is 3.72. The van der Waals surface area contributed by atoms with E-state index < -0.39 is 17.9 Å². The molecule has 0 unspecified atom stereocenters. The van der Waals surface area contributed by atoms with E-state index in [0.717, 1.165) is 16.8 Å². The Morgan fingerprint density at radius 1 is 1.03 bits per heavy atom. The van der Waals surface area contributed by atoms with Crippen molar-refractivity contribution in [1.82, 2.24) is 9.47 Å². The summed E-state index contributed by atoms with van der Waals surface area (Å²) in [6.45, 7) is 0.613. The van der Waals surface area contributed by atoms with Crippen molar-refractivity contribution in [2.45, 2.75) is 25.2 Å². The highest BCUT2D eigenvalue weighted by Crippen LogP contribution is 2.50. The molecule has 8 heteroatoms. The number of nitrogens with zero attached hydrogens (tertiary/aromatic N) is 2. The zero-order chi connectivity index (χ0) is 24.8. The summed E-state index contributed by atoms with van der Waals surface area (Å²) >= 11 is 0. The summed E-state index contributed by atoms with van der Waals surface area (Å²) in [7, 11) is 0. The van der Waals surface area contributed by atoms with Gasteiger partial charge in [0.1, 0.15) is 6.04 Å². The molecule has 0 saturated carbocycles. The van der Waals surface area contributed by atoms with Crippen molar-refractivity contribution in [3.05, 3.63) is 93.4 Å². The second kappa shape index (κ2) is 8.96. The summed E-state index contributed by atoms with van der Waals surface area (Å²) < 4.78 is 12.6. The van der Waals surface area contributed by atoms with Crippen LogP contribution in [0.2, 0.25) is 0 Å². The zero-order valence-electron chi connectivity index (χ0n) is 19.5. The monoisotopic (exact) mass is 486 g/mol. The second-order valence-electron chi connectivity index (χ2n) is 9.47. The van der Waals surface area contributed by atoms with Crippen LogP contribution in [0, 0.1) is 11.8 Å². The molecule has 1 aromatic heterocycles. The number of rotatable bonds is 6. The standard InChI is InChI=1S/C28H26N2O6/c31-15-21-20-14-29-22(10-9-19(27(29)32)8-6-17-4-2-1-3-5-17)25(20)30(26(21)28(33)34)13-18-7-11-23-24(12-18)36-16-35-23/h1-12,20-21,25-26,31H,13-16H2,(H,33,34)/b8-6+/t20-,21-,25+,26-/m1/s1. The minimum absolute atomic E-state index is 0.110. The average Bonchev–Trinajstić information content (AvgIpc) is 3.58.